The number of carbonyl (C=O) groups is 6. The van der Waals surface area contributed by atoms with Crippen LogP contribution >= 0.6 is 390 Å². The van der Waals surface area contributed by atoms with Crippen LogP contribution in [-0.4, -0.2) is 148 Å². The lowest BCUT2D eigenvalue weighted by Gasteiger charge is -2.47. The molecule has 3 aliphatic rings. The summed E-state index contributed by atoms with van der Waals surface area (Å²) >= 11 is 87.2. The SMILES string of the molecule is O=C1c2c(Br)c(Br)c(Br)c(Br)c2C(=O)N1CC(CC(Br)CBr)(CC(Br)CBr)OP(=O)(OC(CC(Br)CBr)(CC(Br)CBr)CN1C(=O)c2c(Br)c(Br)c(Br)c(Br)c2C1=O)OC(CC(Br)CBr)(CC(Br)CBr)CN1C(=O)c2c(Br)c(Br)c(Br)c(Br)c2C1=O. The number of rotatable bonds is 30. The first-order chi connectivity index (χ1) is 40.0. The smallest absolute Gasteiger partial charge is 0.278 e. The van der Waals surface area contributed by atoms with Crippen LogP contribution in [0.5, 0.6) is 0 Å². The van der Waals surface area contributed by atoms with E-state index in [2.05, 4.69) is 382 Å². The summed E-state index contributed by atoms with van der Waals surface area (Å²) in [6.07, 6.45) is -0.598. The van der Waals surface area contributed by atoms with Gasteiger partial charge in [-0.25, -0.2) is 4.57 Å². The van der Waals surface area contributed by atoms with E-state index in [9.17, 15) is 0 Å². The van der Waals surface area contributed by atoms with E-state index in [4.69, 9.17) is 13.6 Å². The second-order valence-corrected chi connectivity index (χ2v) is 42.2. The summed E-state index contributed by atoms with van der Waals surface area (Å²) < 4.78 is 45.0. The zero-order valence-corrected chi connectivity index (χ0v) is 81.5. The summed E-state index contributed by atoms with van der Waals surface area (Å²) in [6, 6.07) is 0. The van der Waals surface area contributed by atoms with Gasteiger partial charge in [0, 0.05) is 115 Å². The molecule has 0 fully saturated rings. The van der Waals surface area contributed by atoms with E-state index in [1.165, 1.54) is 0 Å². The number of phosphoric ester groups is 1. The Balaban J connectivity index is 1.73. The van der Waals surface area contributed by atoms with Gasteiger partial charge in [0.25, 0.3) is 35.4 Å². The van der Waals surface area contributed by atoms with Gasteiger partial charge < -0.3 is 0 Å². The Labute approximate surface area is 697 Å². The first-order valence-corrected chi connectivity index (χ1v) is 47.3. The molecule has 6 rings (SSSR count). The molecule has 6 atom stereocenters. The maximum atomic E-state index is 18.1. The Hall–Kier alpha value is 6.71. The van der Waals surface area contributed by atoms with Gasteiger partial charge in [-0.3, -0.25) is 57.0 Å². The van der Waals surface area contributed by atoms with E-state index in [0.717, 1.165) is 14.7 Å². The van der Waals surface area contributed by atoms with Crippen molar-refractivity contribution in [3.63, 3.8) is 0 Å². The maximum Gasteiger partial charge on any atom is 0.476 e. The molecule has 3 aromatic rings. The van der Waals surface area contributed by atoms with Crippen LogP contribution in [0.3, 0.4) is 0 Å². The highest BCUT2D eigenvalue weighted by Crippen LogP contribution is 2.64. The monoisotopic (exact) mass is 2740 g/mol. The molecular formula is C48H36Br24N3O10P. The number of alkyl halides is 12. The molecule has 0 saturated heterocycles. The molecule has 0 N–H and O–H groups in total. The molecule has 0 bridgehead atoms. The topological polar surface area (TPSA) is 157 Å². The fourth-order valence-electron chi connectivity index (χ4n) is 9.95. The summed E-state index contributed by atoms with van der Waals surface area (Å²) in [5.74, 6) is -4.28. The Morgan fingerprint density at radius 2 is 0.430 bits per heavy atom. The molecular weight excluding hydrogens is 2730 g/mol. The van der Waals surface area contributed by atoms with Crippen molar-refractivity contribution in [2.45, 2.75) is 84.3 Å². The van der Waals surface area contributed by atoms with Crippen LogP contribution in [-0.2, 0) is 18.1 Å². The third-order valence-corrected chi connectivity index (χ3v) is 43.3. The van der Waals surface area contributed by atoms with Crippen molar-refractivity contribution in [1.29, 1.82) is 0 Å². The normalized spacial score (nSPS) is 19.3. The van der Waals surface area contributed by atoms with E-state index < -0.39 is 109 Å². The highest BCUT2D eigenvalue weighted by Gasteiger charge is 2.58. The Morgan fingerprint density at radius 3 is 0.558 bits per heavy atom. The van der Waals surface area contributed by atoms with Gasteiger partial charge in [0.15, 0.2) is 0 Å². The molecule has 0 saturated carbocycles. The first kappa shape index (κ1) is 81.7. The number of hydrogen-bond donors (Lipinski definition) is 0. The van der Waals surface area contributed by atoms with Crippen molar-refractivity contribution in [3.8, 4) is 0 Å². The molecule has 86 heavy (non-hydrogen) atoms. The van der Waals surface area contributed by atoms with Gasteiger partial charge in [0.2, 0.25) is 0 Å². The molecule has 13 nitrogen and oxygen atoms in total. The summed E-state index contributed by atoms with van der Waals surface area (Å²) in [5, 5.41) is 1.62. The van der Waals surface area contributed by atoms with Gasteiger partial charge in [-0.2, -0.15) is 0 Å². The van der Waals surface area contributed by atoms with Crippen molar-refractivity contribution in [2.75, 3.05) is 51.6 Å². The fraction of sp³-hybridized carbons (Fsp3) is 0.500. The third kappa shape index (κ3) is 17.9. The number of hydrogen-bond acceptors (Lipinski definition) is 10. The van der Waals surface area contributed by atoms with Crippen LogP contribution in [0.4, 0.5) is 0 Å². The molecule has 0 spiro atoms. The second-order valence-electron chi connectivity index (χ2n) is 19.6. The average Bonchev–Trinajstić information content (AvgIpc) is 1.89. The molecule has 0 aromatic heterocycles. The van der Waals surface area contributed by atoms with Gasteiger partial charge in [-0.05, 0) is 230 Å². The van der Waals surface area contributed by atoms with Gasteiger partial charge in [0.05, 0.1) is 53.0 Å². The van der Waals surface area contributed by atoms with Gasteiger partial charge in [-0.1, -0.05) is 191 Å². The van der Waals surface area contributed by atoms with E-state index in [0.29, 0.717) is 26.8 Å². The summed E-state index contributed by atoms with van der Waals surface area (Å²) in [4.78, 5) is 90.7. The molecule has 6 unspecified atom stereocenters. The minimum absolute atomic E-state index is 0.0374. The highest BCUT2D eigenvalue weighted by atomic mass is 79.9. The summed E-state index contributed by atoms with van der Waals surface area (Å²) in [6.45, 7) is -1.71. The molecule has 0 radical (unpaired) electrons. The van der Waals surface area contributed by atoms with Crippen molar-refractivity contribution in [3.05, 3.63) is 87.1 Å². The van der Waals surface area contributed by atoms with Crippen molar-refractivity contribution >= 4 is 426 Å². The number of amides is 6. The van der Waals surface area contributed by atoms with Crippen LogP contribution < -0.4 is 0 Å². The first-order valence-electron chi connectivity index (χ1n) is 24.1. The quantitative estimate of drug-likeness (QED) is 0.0207. The standard InChI is InChI=1S/C48H36Br24N3O10P/c49-7-16(55)1-46(2-17(56)8-50,13-73-40(76)22-23(41(73)77)29(62)35(68)34(67)28(22)61)83-86(82,84-47(3-18(57)9-51,4-19(58)10-52)14-74-42(78)24-25(43(74)79)31(64)37(70)36(69)30(24)63)85-48(5-20(59)11-53,6-21(60)12-54)15-75-44(80)26-27(45(75)81)33(66)39(72)38(71)32(26)65/h16-21H,1-15H2. The minimum atomic E-state index is -5.66. The minimum Gasteiger partial charge on any atom is -0.278 e. The number of carbonyl (C=O) groups excluding carboxylic acids is 6. The molecule has 38 heteroatoms. The average molecular weight is 2760 g/mol. The zero-order chi connectivity index (χ0) is 64.8. The van der Waals surface area contributed by atoms with Crippen LogP contribution in [0, 0.1) is 0 Å². The Morgan fingerprint density at radius 1 is 0.291 bits per heavy atom. The third-order valence-electron chi connectivity index (χ3n) is 13.4. The largest absolute Gasteiger partial charge is 0.476 e. The van der Waals surface area contributed by atoms with E-state index in [-0.39, 0.29) is 131 Å². The molecule has 0 aliphatic carbocycles. The van der Waals surface area contributed by atoms with E-state index in [1.54, 1.807) is 0 Å². The van der Waals surface area contributed by atoms with Gasteiger partial charge in [-0.15, -0.1) is 0 Å². The molecule has 3 aromatic carbocycles. The van der Waals surface area contributed by atoms with Crippen LogP contribution in [0.25, 0.3) is 0 Å². The number of imide groups is 3. The lowest BCUT2D eigenvalue weighted by Crippen LogP contribution is -2.54. The van der Waals surface area contributed by atoms with Gasteiger partial charge in [0.1, 0.15) is 16.8 Å². The van der Waals surface area contributed by atoms with Crippen molar-refractivity contribution < 1.29 is 46.9 Å². The second kappa shape index (κ2) is 34.6. The van der Waals surface area contributed by atoms with E-state index >= 15 is 33.3 Å². The van der Waals surface area contributed by atoms with Crippen LogP contribution in [0.1, 0.15) is 101 Å². The number of nitrogens with zero attached hydrogens (tertiary/aromatic N) is 3. The molecule has 6 amide bonds. The number of benzene rings is 3. The Bertz CT molecular complexity index is 2770. The lowest BCUT2D eigenvalue weighted by atomic mass is 9.92. The predicted molar refractivity (Wildman–Crippen MR) is 424 cm³/mol. The summed E-state index contributed by atoms with van der Waals surface area (Å²) in [5.41, 5.74) is -5.60. The number of phosphoric acid groups is 1. The summed E-state index contributed by atoms with van der Waals surface area (Å²) in [7, 11) is -5.66. The van der Waals surface area contributed by atoms with Crippen molar-refractivity contribution in [2.24, 2.45) is 0 Å². The van der Waals surface area contributed by atoms with Crippen LogP contribution in [0.15, 0.2) is 53.7 Å². The fourth-order valence-corrected chi connectivity index (χ4v) is 24.4. The zero-order valence-electron chi connectivity index (χ0n) is 42.5. The Kier molecular flexibility index (Phi) is 32.8. The van der Waals surface area contributed by atoms with Crippen LogP contribution in [0.2, 0.25) is 0 Å². The van der Waals surface area contributed by atoms with E-state index in [1.807, 2.05) is 0 Å². The number of halogens is 24. The molecule has 3 aliphatic heterocycles. The highest BCUT2D eigenvalue weighted by molar-refractivity contribution is 9.17. The predicted octanol–water partition coefficient (Wildman–Crippen LogP) is 23.7. The lowest BCUT2D eigenvalue weighted by molar-refractivity contribution is -0.0892. The van der Waals surface area contributed by atoms with Crippen molar-refractivity contribution in [1.82, 2.24) is 14.7 Å². The maximum absolute atomic E-state index is 18.1. The number of fused-ring (bicyclic) bond motifs is 3. The molecule has 476 valence electrons. The van der Waals surface area contributed by atoms with Gasteiger partial charge >= 0.3 is 7.82 Å². The molecule has 3 heterocycles.